The number of ether oxygens (including phenoxy) is 2. The third-order valence-electron chi connectivity index (χ3n) is 2.47. The van der Waals surface area contributed by atoms with Gasteiger partial charge in [-0.15, -0.1) is 0 Å². The molecule has 0 saturated heterocycles. The van der Waals surface area contributed by atoms with E-state index < -0.39 is 0 Å². The van der Waals surface area contributed by atoms with Gasteiger partial charge in [-0.25, -0.2) is 0 Å². The fourth-order valence-electron chi connectivity index (χ4n) is 1.48. The molecule has 1 aromatic carbocycles. The lowest BCUT2D eigenvalue weighted by Gasteiger charge is -2.04. The Morgan fingerprint density at radius 3 is 2.11 bits per heavy atom. The number of hydrogen-bond donors (Lipinski definition) is 0. The van der Waals surface area contributed by atoms with Gasteiger partial charge in [-0.2, -0.15) is 0 Å². The highest BCUT2D eigenvalue weighted by atomic mass is 35.5. The summed E-state index contributed by atoms with van der Waals surface area (Å²) in [7, 11) is 0. The molecular weight excluding hydrogens is 268 g/mol. The highest BCUT2D eigenvalue weighted by Gasteiger charge is 2.05. The van der Waals surface area contributed by atoms with E-state index >= 15 is 0 Å². The Kier molecular flexibility index (Phi) is 7.66. The van der Waals surface area contributed by atoms with Crippen molar-refractivity contribution in [3.63, 3.8) is 0 Å². The second-order valence-electron chi connectivity index (χ2n) is 3.98. The van der Waals surface area contributed by atoms with Crippen LogP contribution in [0.2, 0.25) is 0 Å². The van der Waals surface area contributed by atoms with Crippen molar-refractivity contribution in [3.8, 4) is 0 Å². The highest BCUT2D eigenvalue weighted by Crippen LogP contribution is 2.06. The molecule has 0 N–H and O–H groups in total. The van der Waals surface area contributed by atoms with E-state index in [1.807, 2.05) is 30.3 Å². The number of carbonyl (C=O) groups is 2. The van der Waals surface area contributed by atoms with Crippen molar-refractivity contribution in [2.75, 3.05) is 6.07 Å². The molecule has 0 aliphatic carbocycles. The molecular formula is C14H17ClO4. The van der Waals surface area contributed by atoms with E-state index in [0.717, 1.165) is 5.56 Å². The first-order valence-electron chi connectivity index (χ1n) is 6.13. The highest BCUT2D eigenvalue weighted by molar-refractivity contribution is 6.17. The molecule has 0 atom stereocenters. The third-order valence-corrected chi connectivity index (χ3v) is 2.58. The van der Waals surface area contributed by atoms with Crippen molar-refractivity contribution < 1.29 is 19.1 Å². The summed E-state index contributed by atoms with van der Waals surface area (Å²) in [4.78, 5) is 22.4. The molecule has 0 radical (unpaired) electrons. The fraction of sp³-hybridized carbons (Fsp3) is 0.429. The Hall–Kier alpha value is -1.55. The van der Waals surface area contributed by atoms with Crippen LogP contribution in [0.15, 0.2) is 30.3 Å². The summed E-state index contributed by atoms with van der Waals surface area (Å²) in [6, 6.07) is 9.37. The van der Waals surface area contributed by atoms with Gasteiger partial charge in [0.05, 0.1) is 0 Å². The van der Waals surface area contributed by atoms with Crippen molar-refractivity contribution in [3.05, 3.63) is 35.9 Å². The average Bonchev–Trinajstić information content (AvgIpc) is 2.43. The van der Waals surface area contributed by atoms with Crippen LogP contribution in [0, 0.1) is 0 Å². The van der Waals surface area contributed by atoms with Crippen LogP contribution in [0.1, 0.15) is 31.2 Å². The number of esters is 2. The zero-order chi connectivity index (χ0) is 13.9. The van der Waals surface area contributed by atoms with E-state index in [2.05, 4.69) is 4.74 Å². The summed E-state index contributed by atoms with van der Waals surface area (Å²) in [6.45, 7) is 0.286. The molecule has 104 valence electrons. The van der Waals surface area contributed by atoms with Crippen molar-refractivity contribution >= 4 is 23.5 Å². The summed E-state index contributed by atoms with van der Waals surface area (Å²) in [6.07, 6.45) is 1.78. The molecule has 0 aliphatic heterocycles. The van der Waals surface area contributed by atoms with Gasteiger partial charge < -0.3 is 9.47 Å². The molecule has 0 spiro atoms. The van der Waals surface area contributed by atoms with E-state index in [-0.39, 0.29) is 31.0 Å². The standard InChI is InChI=1S/C14H17ClO4/c15-11-19-14(17)9-5-4-8-13(16)18-10-12-6-2-1-3-7-12/h1-3,6-7H,4-5,8-11H2. The maximum absolute atomic E-state index is 11.4. The number of halogens is 1. The summed E-state index contributed by atoms with van der Waals surface area (Å²) >= 11 is 5.24. The number of rotatable bonds is 8. The molecule has 0 aliphatic rings. The van der Waals surface area contributed by atoms with Crippen molar-refractivity contribution in [2.45, 2.75) is 32.3 Å². The van der Waals surface area contributed by atoms with Gasteiger partial charge in [0.1, 0.15) is 6.61 Å². The minimum absolute atomic E-state index is 0.127. The monoisotopic (exact) mass is 284 g/mol. The van der Waals surface area contributed by atoms with Gasteiger partial charge in [-0.3, -0.25) is 9.59 Å². The van der Waals surface area contributed by atoms with Gasteiger partial charge in [-0.05, 0) is 18.4 Å². The molecule has 1 aromatic rings. The lowest BCUT2D eigenvalue weighted by atomic mass is 10.2. The van der Waals surface area contributed by atoms with Crippen LogP contribution in [0.25, 0.3) is 0 Å². The molecule has 4 nitrogen and oxygen atoms in total. The second-order valence-corrected chi connectivity index (χ2v) is 4.20. The van der Waals surface area contributed by atoms with Crippen molar-refractivity contribution in [1.29, 1.82) is 0 Å². The van der Waals surface area contributed by atoms with Gasteiger partial charge in [0.25, 0.3) is 0 Å². The second kappa shape index (κ2) is 9.39. The molecule has 0 amide bonds. The van der Waals surface area contributed by atoms with E-state index in [9.17, 15) is 9.59 Å². The number of benzene rings is 1. The first-order chi connectivity index (χ1) is 9.22. The molecule has 0 aromatic heterocycles. The number of alkyl halides is 1. The maximum atomic E-state index is 11.4. The van der Waals surface area contributed by atoms with Crippen LogP contribution in [-0.4, -0.2) is 18.0 Å². The minimum Gasteiger partial charge on any atom is -0.461 e. The van der Waals surface area contributed by atoms with Gasteiger partial charge >= 0.3 is 11.9 Å². The summed E-state index contributed by atoms with van der Waals surface area (Å²) in [5.41, 5.74) is 0.960. The Balaban J connectivity index is 2.07. The summed E-state index contributed by atoms with van der Waals surface area (Å²) in [5, 5.41) is 0. The van der Waals surface area contributed by atoms with Crippen LogP contribution >= 0.6 is 11.6 Å². The van der Waals surface area contributed by atoms with E-state index in [0.29, 0.717) is 19.3 Å². The van der Waals surface area contributed by atoms with Gasteiger partial charge in [0.15, 0.2) is 6.07 Å². The zero-order valence-corrected chi connectivity index (χ0v) is 11.4. The van der Waals surface area contributed by atoms with E-state index in [4.69, 9.17) is 16.3 Å². The van der Waals surface area contributed by atoms with Crippen molar-refractivity contribution in [2.24, 2.45) is 0 Å². The number of unbranched alkanes of at least 4 members (excludes halogenated alkanes) is 1. The molecule has 19 heavy (non-hydrogen) atoms. The normalized spacial score (nSPS) is 9.95. The predicted octanol–water partition coefficient (Wildman–Crippen LogP) is 3.03. The first-order valence-corrected chi connectivity index (χ1v) is 6.67. The molecule has 0 fully saturated rings. The predicted molar refractivity (Wildman–Crippen MR) is 71.5 cm³/mol. The van der Waals surface area contributed by atoms with Gasteiger partial charge in [0, 0.05) is 12.8 Å². The van der Waals surface area contributed by atoms with Crippen LogP contribution in [0.4, 0.5) is 0 Å². The third kappa shape index (κ3) is 7.47. The van der Waals surface area contributed by atoms with Crippen LogP contribution < -0.4 is 0 Å². The Morgan fingerprint density at radius 1 is 0.947 bits per heavy atom. The topological polar surface area (TPSA) is 52.6 Å². The fourth-order valence-corrected chi connectivity index (χ4v) is 1.60. The largest absolute Gasteiger partial charge is 0.461 e. The molecule has 0 bridgehead atoms. The molecule has 0 saturated carbocycles. The smallest absolute Gasteiger partial charge is 0.306 e. The van der Waals surface area contributed by atoms with E-state index in [1.54, 1.807) is 0 Å². The maximum Gasteiger partial charge on any atom is 0.306 e. The summed E-state index contributed by atoms with van der Waals surface area (Å²) in [5.74, 6) is -0.595. The quantitative estimate of drug-likeness (QED) is 0.418. The lowest BCUT2D eigenvalue weighted by Crippen LogP contribution is -2.06. The SMILES string of the molecule is O=C(CCCCC(=O)OCc1ccccc1)OCCl. The molecule has 5 heteroatoms. The van der Waals surface area contributed by atoms with Crippen LogP contribution in [-0.2, 0) is 25.7 Å². The van der Waals surface area contributed by atoms with E-state index in [1.165, 1.54) is 0 Å². The molecule has 1 rings (SSSR count). The number of carbonyl (C=O) groups excluding carboxylic acids is 2. The minimum atomic E-state index is -0.340. The zero-order valence-electron chi connectivity index (χ0n) is 10.6. The lowest BCUT2D eigenvalue weighted by molar-refractivity contribution is -0.146. The molecule has 0 heterocycles. The van der Waals surface area contributed by atoms with Crippen molar-refractivity contribution in [1.82, 2.24) is 0 Å². The Morgan fingerprint density at radius 2 is 1.53 bits per heavy atom. The first kappa shape index (κ1) is 15.5. The summed E-state index contributed by atoms with van der Waals surface area (Å²) < 4.78 is 9.67. The van der Waals surface area contributed by atoms with Gasteiger partial charge in [-0.1, -0.05) is 41.9 Å². The Bertz CT molecular complexity index is 392. The molecule has 0 unspecified atom stereocenters. The Labute approximate surface area is 117 Å². The van der Waals surface area contributed by atoms with Gasteiger partial charge in [0.2, 0.25) is 0 Å². The van der Waals surface area contributed by atoms with Crippen LogP contribution in [0.5, 0.6) is 0 Å². The average molecular weight is 285 g/mol. The van der Waals surface area contributed by atoms with Crippen LogP contribution in [0.3, 0.4) is 0 Å². The number of hydrogen-bond acceptors (Lipinski definition) is 4.